The van der Waals surface area contributed by atoms with E-state index in [4.69, 9.17) is 21.0 Å². The molecule has 9 heteroatoms. The maximum Gasteiger partial charge on any atom is 0.293 e. The molecule has 8 nitrogen and oxygen atoms in total. The number of oxazole rings is 1. The number of imidazole rings is 1. The van der Waals surface area contributed by atoms with Gasteiger partial charge in [0.05, 0.1) is 23.2 Å². The fraction of sp³-hybridized carbons (Fsp3) is 0.238. The van der Waals surface area contributed by atoms with Gasteiger partial charge in [-0.25, -0.2) is 4.98 Å². The first kappa shape index (κ1) is 18.8. The van der Waals surface area contributed by atoms with Crippen molar-refractivity contribution in [3.63, 3.8) is 0 Å². The number of aliphatic hydroxyl groups is 1. The highest BCUT2D eigenvalue weighted by atomic mass is 35.5. The molecule has 2 N–H and O–H groups in total. The number of nitrogens with zero attached hydrogens (tertiary/aromatic N) is 4. The van der Waals surface area contributed by atoms with Crippen LogP contribution in [0.4, 0.5) is 0 Å². The molecule has 0 spiro atoms. The highest BCUT2D eigenvalue weighted by molar-refractivity contribution is 6.32. The lowest BCUT2D eigenvalue weighted by Gasteiger charge is -2.34. The average molecular weight is 424 g/mol. The van der Waals surface area contributed by atoms with Crippen molar-refractivity contribution in [3.05, 3.63) is 76.6 Å². The first-order valence-corrected chi connectivity index (χ1v) is 9.94. The number of halogens is 1. The molecular formula is C21H18ClN5O3. The number of carbonyl (C=O) groups is 1. The van der Waals surface area contributed by atoms with E-state index in [0.717, 1.165) is 22.3 Å². The Hall–Kier alpha value is -3.23. The molecule has 1 aliphatic heterocycles. The molecule has 0 bridgehead atoms. The van der Waals surface area contributed by atoms with Crippen LogP contribution in [0.5, 0.6) is 0 Å². The zero-order valence-corrected chi connectivity index (χ0v) is 16.8. The molecule has 1 aliphatic rings. The van der Waals surface area contributed by atoms with Crippen LogP contribution in [0.2, 0.25) is 5.15 Å². The predicted octanol–water partition coefficient (Wildman–Crippen LogP) is 3.44. The molecule has 4 aromatic rings. The van der Waals surface area contributed by atoms with Crippen molar-refractivity contribution >= 4 is 28.4 Å². The highest BCUT2D eigenvalue weighted by Gasteiger charge is 2.38. The number of aromatic amines is 1. The van der Waals surface area contributed by atoms with Crippen LogP contribution in [-0.4, -0.2) is 42.4 Å². The molecule has 0 fully saturated rings. The van der Waals surface area contributed by atoms with Crippen LogP contribution < -0.4 is 0 Å². The van der Waals surface area contributed by atoms with Crippen LogP contribution in [-0.2, 0) is 6.42 Å². The number of carbonyl (C=O) groups excluding carboxylic acids is 1. The largest absolute Gasteiger partial charge is 0.431 e. The molecule has 152 valence electrons. The van der Waals surface area contributed by atoms with E-state index in [1.807, 2.05) is 36.4 Å². The zero-order valence-electron chi connectivity index (χ0n) is 16.0. The lowest BCUT2D eigenvalue weighted by molar-refractivity contribution is 0.0646. The second kappa shape index (κ2) is 7.23. The molecule has 0 radical (unpaired) electrons. The standard InChI is InChI=1S/C21H18ClN5O3/c1-11(28)20-26-19(22)18(30-20)21(29)27-9-8-14-16(24-10-23-14)17(27)15-7-6-12-4-2-3-5-13(12)25-15/h2-7,10-11,17,28H,8-9H2,1H3,(H,23,24)/t11?,17-/m1/s1. The van der Waals surface area contributed by atoms with Gasteiger partial charge >= 0.3 is 0 Å². The quantitative estimate of drug-likeness (QED) is 0.522. The van der Waals surface area contributed by atoms with Crippen LogP contribution in [0.25, 0.3) is 10.9 Å². The molecule has 30 heavy (non-hydrogen) atoms. The number of benzene rings is 1. The average Bonchev–Trinajstić information content (AvgIpc) is 3.38. The summed E-state index contributed by atoms with van der Waals surface area (Å²) in [6, 6.07) is 11.2. The Labute approximate surface area is 176 Å². The summed E-state index contributed by atoms with van der Waals surface area (Å²) >= 11 is 6.15. The second-order valence-corrected chi connectivity index (χ2v) is 7.55. The molecule has 1 aromatic carbocycles. The van der Waals surface area contributed by atoms with Crippen molar-refractivity contribution in [1.29, 1.82) is 0 Å². The molecule has 4 heterocycles. The van der Waals surface area contributed by atoms with Crippen LogP contribution in [0.3, 0.4) is 0 Å². The number of aromatic nitrogens is 4. The van der Waals surface area contributed by atoms with Gasteiger partial charge in [-0.05, 0) is 19.1 Å². The Kier molecular flexibility index (Phi) is 4.52. The number of pyridine rings is 1. The van der Waals surface area contributed by atoms with E-state index in [1.165, 1.54) is 6.92 Å². The predicted molar refractivity (Wildman–Crippen MR) is 109 cm³/mol. The monoisotopic (exact) mass is 423 g/mol. The van der Waals surface area contributed by atoms with E-state index in [2.05, 4.69) is 15.0 Å². The third kappa shape index (κ3) is 3.05. The lowest BCUT2D eigenvalue weighted by Crippen LogP contribution is -2.41. The second-order valence-electron chi connectivity index (χ2n) is 7.19. The summed E-state index contributed by atoms with van der Waals surface area (Å²) in [4.78, 5) is 31.4. The summed E-state index contributed by atoms with van der Waals surface area (Å²) in [6.07, 6.45) is 1.26. The smallest absolute Gasteiger partial charge is 0.293 e. The van der Waals surface area contributed by atoms with Crippen molar-refractivity contribution in [3.8, 4) is 0 Å². The third-order valence-electron chi connectivity index (χ3n) is 5.24. The fourth-order valence-electron chi connectivity index (χ4n) is 3.79. The van der Waals surface area contributed by atoms with Crippen molar-refractivity contribution < 1.29 is 14.3 Å². The Morgan fingerprint density at radius 2 is 2.13 bits per heavy atom. The topological polar surface area (TPSA) is 108 Å². The number of fused-ring (bicyclic) bond motifs is 2. The minimum atomic E-state index is -0.971. The van der Waals surface area contributed by atoms with Gasteiger partial charge in [0, 0.05) is 24.0 Å². The zero-order chi connectivity index (χ0) is 20.8. The van der Waals surface area contributed by atoms with Gasteiger partial charge in [0.2, 0.25) is 11.7 Å². The summed E-state index contributed by atoms with van der Waals surface area (Å²) in [7, 11) is 0. The Bertz CT molecular complexity index is 1250. The molecular weight excluding hydrogens is 406 g/mol. The van der Waals surface area contributed by atoms with Gasteiger partial charge in [0.25, 0.3) is 5.91 Å². The normalized spacial score (nSPS) is 17.2. The summed E-state index contributed by atoms with van der Waals surface area (Å²) in [5.74, 6) is -0.522. The molecule has 5 rings (SSSR count). The van der Waals surface area contributed by atoms with Gasteiger partial charge in [-0.3, -0.25) is 9.78 Å². The first-order chi connectivity index (χ1) is 14.5. The van der Waals surface area contributed by atoms with E-state index in [0.29, 0.717) is 18.7 Å². The molecule has 0 saturated carbocycles. The summed E-state index contributed by atoms with van der Waals surface area (Å²) < 4.78 is 5.48. The number of nitrogens with one attached hydrogen (secondary N) is 1. The number of hydrogen-bond acceptors (Lipinski definition) is 6. The van der Waals surface area contributed by atoms with Crippen LogP contribution in [0.1, 0.15) is 52.6 Å². The van der Waals surface area contributed by atoms with E-state index < -0.39 is 18.1 Å². The molecule has 2 atom stereocenters. The Morgan fingerprint density at radius 3 is 2.93 bits per heavy atom. The van der Waals surface area contributed by atoms with Crippen molar-refractivity contribution in [1.82, 2.24) is 24.8 Å². The SMILES string of the molecule is CC(O)c1nc(Cl)c(C(=O)N2CCc3[nH]cnc3[C@H]2c2ccc3ccccc3n2)o1. The van der Waals surface area contributed by atoms with Gasteiger partial charge < -0.3 is 19.4 Å². The van der Waals surface area contributed by atoms with Crippen LogP contribution in [0.15, 0.2) is 47.1 Å². The van der Waals surface area contributed by atoms with Crippen molar-refractivity contribution in [2.75, 3.05) is 6.54 Å². The minimum absolute atomic E-state index is 0.00111. The summed E-state index contributed by atoms with van der Waals surface area (Å²) in [6.45, 7) is 1.92. The molecule has 0 aliphatic carbocycles. The van der Waals surface area contributed by atoms with Crippen molar-refractivity contribution in [2.24, 2.45) is 0 Å². The number of aliphatic hydroxyl groups excluding tert-OH is 1. The number of rotatable bonds is 3. The van der Waals surface area contributed by atoms with E-state index >= 15 is 0 Å². The Balaban J connectivity index is 1.60. The molecule has 0 saturated heterocycles. The van der Waals surface area contributed by atoms with Gasteiger partial charge in [-0.2, -0.15) is 4.98 Å². The summed E-state index contributed by atoms with van der Waals surface area (Å²) in [5, 5.41) is 10.7. The fourth-order valence-corrected chi connectivity index (χ4v) is 3.99. The lowest BCUT2D eigenvalue weighted by atomic mass is 9.98. The van der Waals surface area contributed by atoms with E-state index in [1.54, 1.807) is 11.2 Å². The number of hydrogen-bond donors (Lipinski definition) is 2. The van der Waals surface area contributed by atoms with Gasteiger partial charge in [0.1, 0.15) is 12.1 Å². The number of amides is 1. The number of H-pyrrole nitrogens is 1. The minimum Gasteiger partial charge on any atom is -0.431 e. The van der Waals surface area contributed by atoms with E-state index in [-0.39, 0.29) is 16.8 Å². The maximum absolute atomic E-state index is 13.4. The van der Waals surface area contributed by atoms with Gasteiger partial charge in [-0.1, -0.05) is 35.9 Å². The number of para-hydroxylation sites is 1. The molecule has 1 unspecified atom stereocenters. The molecule has 3 aromatic heterocycles. The Morgan fingerprint density at radius 1 is 1.30 bits per heavy atom. The summed E-state index contributed by atoms with van der Waals surface area (Å²) in [5.41, 5.74) is 3.23. The van der Waals surface area contributed by atoms with Crippen molar-refractivity contribution in [2.45, 2.75) is 25.5 Å². The van der Waals surface area contributed by atoms with Gasteiger partial charge in [0.15, 0.2) is 5.15 Å². The molecule has 1 amide bonds. The third-order valence-corrected chi connectivity index (χ3v) is 5.50. The van der Waals surface area contributed by atoms with Crippen LogP contribution >= 0.6 is 11.6 Å². The first-order valence-electron chi connectivity index (χ1n) is 9.56. The van der Waals surface area contributed by atoms with E-state index in [9.17, 15) is 9.90 Å². The highest BCUT2D eigenvalue weighted by Crippen LogP contribution is 2.35. The maximum atomic E-state index is 13.4. The van der Waals surface area contributed by atoms with Crippen LogP contribution in [0, 0.1) is 0 Å². The van der Waals surface area contributed by atoms with Gasteiger partial charge in [-0.15, -0.1) is 0 Å².